The number of hydrogen-bond acceptors (Lipinski definition) is 5. The Morgan fingerprint density at radius 1 is 1.22 bits per heavy atom. The van der Waals surface area contributed by atoms with Crippen molar-refractivity contribution in [1.29, 1.82) is 5.26 Å². The molecule has 2 aromatic carbocycles. The number of nitriles is 1. The summed E-state index contributed by atoms with van der Waals surface area (Å²) in [5.41, 5.74) is 1.68. The molecule has 3 aromatic rings. The molecule has 0 atom stereocenters. The second kappa shape index (κ2) is 8.49. The molecule has 5 nitrogen and oxygen atoms in total. The SMILES string of the molecule is N#C/C(=C\c1ccc(O)cc1)C(=O)Nc1ncc(Cc2ccc(Cl)cc2)s1. The zero-order valence-corrected chi connectivity index (χ0v) is 15.6. The van der Waals surface area contributed by atoms with Crippen LogP contribution in [0.25, 0.3) is 6.08 Å². The highest BCUT2D eigenvalue weighted by Crippen LogP contribution is 2.23. The Labute approximate surface area is 165 Å². The number of nitrogens with zero attached hydrogens (tertiary/aromatic N) is 2. The Hall–Kier alpha value is -3.14. The number of aromatic hydroxyl groups is 1. The molecule has 0 saturated heterocycles. The van der Waals surface area contributed by atoms with Crippen LogP contribution in [0.3, 0.4) is 0 Å². The fourth-order valence-corrected chi connectivity index (χ4v) is 3.27. The van der Waals surface area contributed by atoms with Crippen molar-refractivity contribution < 1.29 is 9.90 Å². The summed E-state index contributed by atoms with van der Waals surface area (Å²) in [5.74, 6) is -0.413. The smallest absolute Gasteiger partial charge is 0.268 e. The molecule has 0 spiro atoms. The van der Waals surface area contributed by atoms with Gasteiger partial charge in [-0.3, -0.25) is 10.1 Å². The van der Waals surface area contributed by atoms with Crippen LogP contribution in [-0.4, -0.2) is 16.0 Å². The molecular weight excluding hydrogens is 382 g/mol. The predicted molar refractivity (Wildman–Crippen MR) is 107 cm³/mol. The zero-order valence-electron chi connectivity index (χ0n) is 14.0. The van der Waals surface area contributed by atoms with Gasteiger partial charge in [-0.2, -0.15) is 5.26 Å². The summed E-state index contributed by atoms with van der Waals surface area (Å²) in [7, 11) is 0. The number of amides is 1. The number of anilines is 1. The van der Waals surface area contributed by atoms with E-state index in [4.69, 9.17) is 11.6 Å². The molecule has 2 N–H and O–H groups in total. The molecule has 1 aromatic heterocycles. The standard InChI is InChI=1S/C20H14ClN3O2S/c21-16-5-1-14(2-6-16)10-18-12-23-20(27-18)24-19(26)15(11-22)9-13-3-7-17(25)8-4-13/h1-9,12,25H,10H2,(H,23,24,26)/b15-9+. The normalized spacial score (nSPS) is 11.0. The van der Waals surface area contributed by atoms with Gasteiger partial charge in [-0.1, -0.05) is 35.9 Å². The van der Waals surface area contributed by atoms with Crippen molar-refractivity contribution in [2.24, 2.45) is 0 Å². The van der Waals surface area contributed by atoms with E-state index in [1.165, 1.54) is 29.5 Å². The number of carbonyl (C=O) groups excluding carboxylic acids is 1. The highest BCUT2D eigenvalue weighted by Gasteiger charge is 2.12. The summed E-state index contributed by atoms with van der Waals surface area (Å²) in [6.45, 7) is 0. The van der Waals surface area contributed by atoms with Crippen molar-refractivity contribution in [2.75, 3.05) is 5.32 Å². The first-order valence-corrected chi connectivity index (χ1v) is 9.14. The molecule has 0 saturated carbocycles. The van der Waals surface area contributed by atoms with Crippen molar-refractivity contribution in [2.45, 2.75) is 6.42 Å². The van der Waals surface area contributed by atoms with E-state index in [-0.39, 0.29) is 11.3 Å². The highest BCUT2D eigenvalue weighted by molar-refractivity contribution is 7.15. The van der Waals surface area contributed by atoms with Crippen molar-refractivity contribution >= 4 is 40.1 Å². The minimum Gasteiger partial charge on any atom is -0.508 e. The topological polar surface area (TPSA) is 86.0 Å². The number of thiazole rings is 1. The van der Waals surface area contributed by atoms with E-state index >= 15 is 0 Å². The number of phenols is 1. The first-order chi connectivity index (χ1) is 13.0. The van der Waals surface area contributed by atoms with E-state index < -0.39 is 5.91 Å². The van der Waals surface area contributed by atoms with Crippen molar-refractivity contribution in [1.82, 2.24) is 4.98 Å². The molecule has 0 aliphatic rings. The second-order valence-electron chi connectivity index (χ2n) is 5.65. The van der Waals surface area contributed by atoms with Gasteiger partial charge in [0.2, 0.25) is 0 Å². The maximum absolute atomic E-state index is 12.3. The number of nitrogens with one attached hydrogen (secondary N) is 1. The maximum atomic E-state index is 12.3. The van der Waals surface area contributed by atoms with Gasteiger partial charge in [0.1, 0.15) is 17.4 Å². The molecule has 0 unspecified atom stereocenters. The molecule has 0 aliphatic carbocycles. The van der Waals surface area contributed by atoms with E-state index in [9.17, 15) is 15.2 Å². The lowest BCUT2D eigenvalue weighted by molar-refractivity contribution is -0.112. The summed E-state index contributed by atoms with van der Waals surface area (Å²) in [4.78, 5) is 17.5. The first kappa shape index (κ1) is 18.6. The third-order valence-electron chi connectivity index (χ3n) is 3.63. The van der Waals surface area contributed by atoms with Crippen LogP contribution < -0.4 is 5.32 Å². The summed E-state index contributed by atoms with van der Waals surface area (Å²) < 4.78 is 0. The van der Waals surface area contributed by atoms with Gasteiger partial charge in [0, 0.05) is 22.5 Å². The van der Waals surface area contributed by atoms with Crippen molar-refractivity contribution in [3.05, 3.63) is 81.3 Å². The number of halogens is 1. The first-order valence-electron chi connectivity index (χ1n) is 7.95. The van der Waals surface area contributed by atoms with Crippen LogP contribution in [-0.2, 0) is 11.2 Å². The number of carbonyl (C=O) groups is 1. The summed E-state index contributed by atoms with van der Waals surface area (Å²) in [5, 5.41) is 22.3. The number of phenolic OH excluding ortho intramolecular Hbond substituents is 1. The van der Waals surface area contributed by atoms with Gasteiger partial charge in [0.05, 0.1) is 0 Å². The fraction of sp³-hybridized carbons (Fsp3) is 0.0500. The van der Waals surface area contributed by atoms with E-state index in [2.05, 4.69) is 10.3 Å². The molecule has 3 rings (SSSR count). The monoisotopic (exact) mass is 395 g/mol. The summed E-state index contributed by atoms with van der Waals surface area (Å²) in [6, 6.07) is 15.6. The Morgan fingerprint density at radius 2 is 1.93 bits per heavy atom. The Morgan fingerprint density at radius 3 is 2.59 bits per heavy atom. The molecule has 134 valence electrons. The number of benzene rings is 2. The Kier molecular flexibility index (Phi) is 5.87. The second-order valence-corrected chi connectivity index (χ2v) is 7.20. The van der Waals surface area contributed by atoms with Crippen LogP contribution in [0.5, 0.6) is 5.75 Å². The predicted octanol–water partition coefficient (Wildman–Crippen LogP) is 4.64. The Bertz CT molecular complexity index is 1020. The third-order valence-corrected chi connectivity index (χ3v) is 4.80. The number of aromatic nitrogens is 1. The van der Waals surface area contributed by atoms with E-state index in [0.29, 0.717) is 22.1 Å². The van der Waals surface area contributed by atoms with Crippen molar-refractivity contribution in [3.63, 3.8) is 0 Å². The molecule has 0 bridgehead atoms. The van der Waals surface area contributed by atoms with E-state index in [1.54, 1.807) is 18.3 Å². The lowest BCUT2D eigenvalue weighted by Gasteiger charge is -2.01. The molecule has 7 heteroatoms. The van der Waals surface area contributed by atoms with Gasteiger partial charge < -0.3 is 5.11 Å². The molecular formula is C20H14ClN3O2S. The molecule has 27 heavy (non-hydrogen) atoms. The van der Waals surface area contributed by atoms with Gasteiger partial charge in [-0.25, -0.2) is 4.98 Å². The number of rotatable bonds is 5. The lowest BCUT2D eigenvalue weighted by Crippen LogP contribution is -2.13. The molecule has 0 radical (unpaired) electrons. The van der Waals surface area contributed by atoms with E-state index in [1.807, 2.05) is 30.3 Å². The van der Waals surface area contributed by atoms with Crippen LogP contribution in [0.2, 0.25) is 5.02 Å². The molecule has 0 fully saturated rings. The van der Waals surface area contributed by atoms with Gasteiger partial charge in [0.15, 0.2) is 5.13 Å². The zero-order chi connectivity index (χ0) is 19.2. The number of hydrogen-bond donors (Lipinski definition) is 2. The van der Waals surface area contributed by atoms with Gasteiger partial charge in [-0.05, 0) is 41.5 Å². The van der Waals surface area contributed by atoms with Crippen LogP contribution in [0, 0.1) is 11.3 Å². The van der Waals surface area contributed by atoms with Crippen LogP contribution in [0.15, 0.2) is 60.3 Å². The molecule has 0 aliphatic heterocycles. The van der Waals surface area contributed by atoms with Gasteiger partial charge in [0.25, 0.3) is 5.91 Å². The minimum absolute atomic E-state index is 0.0462. The quantitative estimate of drug-likeness (QED) is 0.486. The highest BCUT2D eigenvalue weighted by atomic mass is 35.5. The summed E-state index contributed by atoms with van der Waals surface area (Å²) in [6.07, 6.45) is 3.83. The third kappa shape index (κ3) is 5.17. The van der Waals surface area contributed by atoms with Crippen LogP contribution in [0.1, 0.15) is 16.0 Å². The average Bonchev–Trinajstić information content (AvgIpc) is 3.10. The lowest BCUT2D eigenvalue weighted by atomic mass is 10.1. The van der Waals surface area contributed by atoms with Crippen LogP contribution in [0.4, 0.5) is 5.13 Å². The van der Waals surface area contributed by atoms with Gasteiger partial charge in [-0.15, -0.1) is 11.3 Å². The van der Waals surface area contributed by atoms with Crippen molar-refractivity contribution in [3.8, 4) is 11.8 Å². The Balaban J connectivity index is 1.68. The van der Waals surface area contributed by atoms with E-state index in [0.717, 1.165) is 10.4 Å². The maximum Gasteiger partial charge on any atom is 0.268 e. The largest absolute Gasteiger partial charge is 0.508 e. The fourth-order valence-electron chi connectivity index (χ4n) is 2.30. The van der Waals surface area contributed by atoms with Crippen LogP contribution >= 0.6 is 22.9 Å². The average molecular weight is 396 g/mol. The molecule has 1 heterocycles. The molecule has 1 amide bonds. The summed E-state index contributed by atoms with van der Waals surface area (Å²) >= 11 is 7.23. The van der Waals surface area contributed by atoms with Gasteiger partial charge >= 0.3 is 0 Å². The minimum atomic E-state index is -0.530.